The van der Waals surface area contributed by atoms with Gasteiger partial charge < -0.3 is 19.1 Å². The second kappa shape index (κ2) is 14.2. The Morgan fingerprint density at radius 1 is 1.08 bits per heavy atom. The van der Waals surface area contributed by atoms with E-state index in [0.717, 1.165) is 49.3 Å². The number of benzene rings is 2. The zero-order chi connectivity index (χ0) is 27.6. The van der Waals surface area contributed by atoms with Gasteiger partial charge in [-0.05, 0) is 48.7 Å². The first-order chi connectivity index (χ1) is 19.0. The quantitative estimate of drug-likeness (QED) is 0.397. The molecule has 0 aliphatic carbocycles. The van der Waals surface area contributed by atoms with Crippen LogP contribution in [0.15, 0.2) is 47.6 Å². The summed E-state index contributed by atoms with van der Waals surface area (Å²) in [6.45, 7) is 5.96. The second-order valence-corrected chi connectivity index (χ2v) is 10.8. The average molecular weight is 555 g/mol. The van der Waals surface area contributed by atoms with Crippen molar-refractivity contribution in [3.05, 3.63) is 53.6 Å². The van der Waals surface area contributed by atoms with Crippen molar-refractivity contribution >= 4 is 35.2 Å². The Morgan fingerprint density at radius 2 is 1.82 bits per heavy atom. The number of hydrogen-bond acceptors (Lipinski definition) is 8. The molecule has 1 unspecified atom stereocenters. The van der Waals surface area contributed by atoms with Crippen molar-refractivity contribution in [2.75, 3.05) is 57.3 Å². The minimum absolute atomic E-state index is 0.0137. The summed E-state index contributed by atoms with van der Waals surface area (Å²) in [6, 6.07) is 13.1. The highest BCUT2D eigenvalue weighted by Gasteiger charge is 2.29. The van der Waals surface area contributed by atoms with Gasteiger partial charge in [-0.15, -0.1) is 0 Å². The van der Waals surface area contributed by atoms with Gasteiger partial charge in [-0.1, -0.05) is 19.1 Å². The third-order valence-electron chi connectivity index (χ3n) is 6.98. The predicted octanol–water partition coefficient (Wildman–Crippen LogP) is 4.85. The molecular weight excluding hydrogens is 516 g/mol. The van der Waals surface area contributed by atoms with Crippen molar-refractivity contribution < 1.29 is 23.8 Å². The number of ether oxygens (including phenoxy) is 3. The van der Waals surface area contributed by atoms with Crippen molar-refractivity contribution in [3.8, 4) is 11.5 Å². The zero-order valence-electron chi connectivity index (χ0n) is 23.0. The Labute approximate surface area is 234 Å². The maximum atomic E-state index is 12.9. The normalized spacial score (nSPS) is 17.9. The van der Waals surface area contributed by atoms with Crippen molar-refractivity contribution in [1.29, 1.82) is 0 Å². The maximum absolute atomic E-state index is 12.9. The number of carbonyl (C=O) groups excluding carboxylic acids is 2. The summed E-state index contributed by atoms with van der Waals surface area (Å²) in [6.07, 6.45) is 1.57. The van der Waals surface area contributed by atoms with Gasteiger partial charge in [0.15, 0.2) is 11.5 Å². The molecule has 0 aromatic heterocycles. The van der Waals surface area contributed by atoms with E-state index in [1.54, 1.807) is 14.2 Å². The third-order valence-corrected chi connectivity index (χ3v) is 7.93. The molecule has 4 rings (SSSR count). The van der Waals surface area contributed by atoms with Crippen LogP contribution in [0.25, 0.3) is 0 Å². The highest BCUT2D eigenvalue weighted by atomic mass is 32.2. The number of thioether (sulfide) groups is 1. The summed E-state index contributed by atoms with van der Waals surface area (Å²) < 4.78 is 16.2. The lowest BCUT2D eigenvalue weighted by molar-refractivity contribution is -0.133. The summed E-state index contributed by atoms with van der Waals surface area (Å²) >= 11 is 1.99. The number of carbonyl (C=O) groups is 2. The average Bonchev–Trinajstić information content (AvgIpc) is 2.97. The summed E-state index contributed by atoms with van der Waals surface area (Å²) in [5.74, 6) is 3.64. The Morgan fingerprint density at radius 3 is 2.51 bits per heavy atom. The van der Waals surface area contributed by atoms with Crippen LogP contribution in [0, 0.1) is 5.92 Å². The lowest BCUT2D eigenvalue weighted by Gasteiger charge is -2.29. The summed E-state index contributed by atoms with van der Waals surface area (Å²) in [4.78, 5) is 27.5. The second-order valence-electron chi connectivity index (χ2n) is 9.58. The van der Waals surface area contributed by atoms with E-state index in [1.807, 2.05) is 54.2 Å². The van der Waals surface area contributed by atoms with E-state index in [1.165, 1.54) is 16.5 Å². The van der Waals surface area contributed by atoms with Crippen LogP contribution >= 0.6 is 11.8 Å². The van der Waals surface area contributed by atoms with Crippen LogP contribution in [0.3, 0.4) is 0 Å². The van der Waals surface area contributed by atoms with Crippen molar-refractivity contribution in [3.63, 3.8) is 0 Å². The van der Waals surface area contributed by atoms with Crippen LogP contribution < -0.4 is 14.8 Å². The largest absolute Gasteiger partial charge is 0.493 e. The van der Waals surface area contributed by atoms with E-state index >= 15 is 0 Å². The molecule has 2 aliphatic heterocycles. The van der Waals surface area contributed by atoms with E-state index in [4.69, 9.17) is 19.3 Å². The molecule has 10 heteroatoms. The van der Waals surface area contributed by atoms with Crippen molar-refractivity contribution in [2.45, 2.75) is 32.7 Å². The first kappa shape index (κ1) is 28.8. The molecule has 2 heterocycles. The molecule has 9 nitrogen and oxygen atoms in total. The highest BCUT2D eigenvalue weighted by molar-refractivity contribution is 7.99. The van der Waals surface area contributed by atoms with E-state index in [0.29, 0.717) is 36.8 Å². The Balaban J connectivity index is 1.33. The van der Waals surface area contributed by atoms with Crippen LogP contribution in [0.2, 0.25) is 0 Å². The Bertz CT molecular complexity index is 1150. The molecule has 0 saturated carbocycles. The van der Waals surface area contributed by atoms with Crippen LogP contribution in [0.4, 0.5) is 10.5 Å². The van der Waals surface area contributed by atoms with Crippen LogP contribution in [0.5, 0.6) is 11.5 Å². The van der Waals surface area contributed by atoms with Gasteiger partial charge in [0.1, 0.15) is 0 Å². The minimum atomic E-state index is -0.460. The lowest BCUT2D eigenvalue weighted by Crippen LogP contribution is -2.36. The molecule has 0 spiro atoms. The van der Waals surface area contributed by atoms with Gasteiger partial charge in [-0.3, -0.25) is 10.1 Å². The fourth-order valence-corrected chi connectivity index (χ4v) is 5.71. The van der Waals surface area contributed by atoms with Crippen LogP contribution in [-0.2, 0) is 16.1 Å². The minimum Gasteiger partial charge on any atom is -0.493 e. The predicted molar refractivity (Wildman–Crippen MR) is 155 cm³/mol. The molecule has 2 aromatic carbocycles. The smallest absolute Gasteiger partial charge is 0.411 e. The Kier molecular flexibility index (Phi) is 10.5. The molecule has 2 aliphatic rings. The Hall–Kier alpha value is -3.24. The van der Waals surface area contributed by atoms with Gasteiger partial charge >= 0.3 is 6.09 Å². The van der Waals surface area contributed by atoms with Gasteiger partial charge in [0, 0.05) is 54.7 Å². The summed E-state index contributed by atoms with van der Waals surface area (Å²) in [7, 11) is 3.21. The van der Waals surface area contributed by atoms with E-state index in [9.17, 15) is 9.59 Å². The van der Waals surface area contributed by atoms with Gasteiger partial charge in [-0.25, -0.2) is 9.80 Å². The molecule has 0 radical (unpaired) electrons. The molecule has 1 fully saturated rings. The molecular formula is C29H38N4O5S. The third kappa shape index (κ3) is 7.89. The maximum Gasteiger partial charge on any atom is 0.411 e. The molecule has 1 saturated heterocycles. The summed E-state index contributed by atoms with van der Waals surface area (Å²) in [5.41, 5.74) is 3.32. The van der Waals surface area contributed by atoms with Gasteiger partial charge in [-0.2, -0.15) is 16.9 Å². The molecule has 2 amide bonds. The molecule has 1 N–H and O–H groups in total. The highest BCUT2D eigenvalue weighted by Crippen LogP contribution is 2.31. The van der Waals surface area contributed by atoms with Gasteiger partial charge in [0.2, 0.25) is 5.91 Å². The number of methoxy groups -OCH3 is 2. The first-order valence-electron chi connectivity index (χ1n) is 13.4. The first-order valence-corrected chi connectivity index (χ1v) is 14.6. The van der Waals surface area contributed by atoms with E-state index in [2.05, 4.69) is 17.1 Å². The summed E-state index contributed by atoms with van der Waals surface area (Å²) in [5, 5.41) is 9.07. The number of hydrogen-bond donors (Lipinski definition) is 1. The van der Waals surface area contributed by atoms with E-state index in [-0.39, 0.29) is 11.8 Å². The van der Waals surface area contributed by atoms with Gasteiger partial charge in [0.25, 0.3) is 0 Å². The molecule has 39 heavy (non-hydrogen) atoms. The molecule has 0 bridgehead atoms. The number of anilines is 1. The van der Waals surface area contributed by atoms with Crippen LogP contribution in [-0.4, -0.2) is 79.6 Å². The number of nitrogens with one attached hydrogen (secondary N) is 1. The van der Waals surface area contributed by atoms with Gasteiger partial charge in [0.05, 0.1) is 33.1 Å². The van der Waals surface area contributed by atoms with Crippen molar-refractivity contribution in [2.24, 2.45) is 11.0 Å². The number of amides is 2. The molecule has 2 aromatic rings. The standard InChI is InChI=1S/C29H38N4O5S/c1-4-22-19-27(34)33(31-28(22)23-8-11-25(36-2)26(18-23)37-3)20-21-6-9-24(10-7-21)30-29(35)38-15-5-12-32-13-16-39-17-14-32/h6-11,18,22H,4-5,12-17,19-20H2,1-3H3,(H,30,35). The van der Waals surface area contributed by atoms with E-state index < -0.39 is 6.09 Å². The number of nitrogens with zero attached hydrogens (tertiary/aromatic N) is 3. The zero-order valence-corrected chi connectivity index (χ0v) is 23.8. The topological polar surface area (TPSA) is 92.7 Å². The van der Waals surface area contributed by atoms with Crippen molar-refractivity contribution in [1.82, 2.24) is 9.91 Å². The number of rotatable bonds is 11. The fourth-order valence-electron chi connectivity index (χ4n) is 4.73. The molecule has 210 valence electrons. The number of hydrazone groups is 1. The monoisotopic (exact) mass is 554 g/mol. The SMILES string of the molecule is CCC1CC(=O)N(Cc2ccc(NC(=O)OCCCN3CCSCC3)cc2)N=C1c1ccc(OC)c(OC)c1. The lowest BCUT2D eigenvalue weighted by atomic mass is 9.89. The van der Waals surface area contributed by atoms with Crippen LogP contribution in [0.1, 0.15) is 37.3 Å². The fraction of sp³-hybridized carbons (Fsp3) is 0.483. The molecule has 1 atom stereocenters.